The fraction of sp³-hybridized carbons (Fsp3) is 0.516. The van der Waals surface area contributed by atoms with Gasteiger partial charge in [-0.25, -0.2) is 4.84 Å². The van der Waals surface area contributed by atoms with Gasteiger partial charge in [-0.3, -0.25) is 14.4 Å². The first-order valence-corrected chi connectivity index (χ1v) is 16.0. The van der Waals surface area contributed by atoms with Crippen LogP contribution in [0.4, 0.5) is 5.69 Å². The molecule has 10 heteroatoms. The molecule has 0 atom stereocenters. The van der Waals surface area contributed by atoms with Crippen LogP contribution in [0, 0.1) is 12.8 Å². The van der Waals surface area contributed by atoms with Gasteiger partial charge in [0.25, 0.3) is 5.91 Å². The van der Waals surface area contributed by atoms with Crippen LogP contribution in [0.3, 0.4) is 0 Å². The highest BCUT2D eigenvalue weighted by atomic mass is 35.5. The average molecular weight is 600 g/mol. The summed E-state index contributed by atoms with van der Waals surface area (Å²) in [6.45, 7) is 6.11. The van der Waals surface area contributed by atoms with Crippen molar-refractivity contribution >= 4 is 56.7 Å². The van der Waals surface area contributed by atoms with Gasteiger partial charge in [-0.05, 0) is 99.4 Å². The second kappa shape index (κ2) is 15.4. The van der Waals surface area contributed by atoms with Crippen LogP contribution in [0.15, 0.2) is 41.8 Å². The molecule has 3 amide bonds. The minimum absolute atomic E-state index is 0.00271. The Morgan fingerprint density at radius 2 is 1.78 bits per heavy atom. The molecule has 3 aromatic rings. The molecular formula is C31H42ClN5O3S. The Kier molecular flexibility index (Phi) is 11.7. The van der Waals surface area contributed by atoms with Crippen LogP contribution in [0.1, 0.15) is 74.3 Å². The Hall–Kier alpha value is -2.88. The molecule has 0 saturated heterocycles. The molecule has 2 heterocycles. The maximum absolute atomic E-state index is 13.5. The summed E-state index contributed by atoms with van der Waals surface area (Å²) in [6.07, 6.45) is 7.23. The monoisotopic (exact) mass is 599 g/mol. The second-order valence-electron chi connectivity index (χ2n) is 10.9. The zero-order valence-electron chi connectivity index (χ0n) is 24.1. The first kappa shape index (κ1) is 31.1. The fourth-order valence-corrected chi connectivity index (χ4v) is 6.60. The van der Waals surface area contributed by atoms with E-state index in [9.17, 15) is 14.4 Å². The van der Waals surface area contributed by atoms with Crippen LogP contribution in [-0.2, 0) is 16.1 Å². The van der Waals surface area contributed by atoms with Crippen molar-refractivity contribution in [2.75, 3.05) is 24.5 Å². The summed E-state index contributed by atoms with van der Waals surface area (Å²) in [4.78, 5) is 44.0. The number of halogens is 1. The van der Waals surface area contributed by atoms with Crippen LogP contribution in [0.25, 0.3) is 10.2 Å². The topological polar surface area (TPSA) is 95.5 Å². The predicted octanol–water partition coefficient (Wildman–Crippen LogP) is 5.77. The van der Waals surface area contributed by atoms with E-state index in [1.807, 2.05) is 60.2 Å². The first-order chi connectivity index (χ1) is 19.9. The van der Waals surface area contributed by atoms with Crippen LogP contribution in [0.2, 0.25) is 0 Å². The van der Waals surface area contributed by atoms with Gasteiger partial charge in [0.05, 0.1) is 10.2 Å². The Morgan fingerprint density at radius 1 is 1.02 bits per heavy atom. The quantitative estimate of drug-likeness (QED) is 0.162. The van der Waals surface area contributed by atoms with Crippen molar-refractivity contribution in [3.8, 4) is 0 Å². The maximum atomic E-state index is 13.5. The lowest BCUT2D eigenvalue weighted by atomic mass is 9.85. The molecule has 1 aliphatic rings. The van der Waals surface area contributed by atoms with Crippen molar-refractivity contribution in [3.05, 3.63) is 53.0 Å². The average Bonchev–Trinajstić information content (AvgIpc) is 3.56. The molecular weight excluding hydrogens is 558 g/mol. The number of hydrogen-bond acceptors (Lipinski definition) is 5. The summed E-state index contributed by atoms with van der Waals surface area (Å²) in [5.41, 5.74) is 3.35. The molecule has 1 aliphatic carbocycles. The number of carbonyl (C=O) groups excluding carboxylic acids is 3. The minimum Gasteiger partial charge on any atom is -0.356 e. The van der Waals surface area contributed by atoms with E-state index in [0.717, 1.165) is 79.4 Å². The highest BCUT2D eigenvalue weighted by Gasteiger charge is 2.28. The molecule has 0 radical (unpaired) electrons. The van der Waals surface area contributed by atoms with Crippen LogP contribution < -0.4 is 20.4 Å². The number of anilines is 1. The molecule has 1 aromatic carbocycles. The highest BCUT2D eigenvalue weighted by Crippen LogP contribution is 2.28. The lowest BCUT2D eigenvalue weighted by Crippen LogP contribution is -2.42. The van der Waals surface area contributed by atoms with Crippen molar-refractivity contribution in [2.45, 2.75) is 77.8 Å². The Balaban J connectivity index is 1.31. The number of fused-ring (bicyclic) bond motifs is 1. The summed E-state index contributed by atoms with van der Waals surface area (Å²) in [7, 11) is 0. The van der Waals surface area contributed by atoms with Gasteiger partial charge in [0, 0.05) is 37.3 Å². The Labute approximate surface area is 251 Å². The number of carbonyl (C=O) groups is 3. The molecule has 0 spiro atoms. The van der Waals surface area contributed by atoms with Crippen molar-refractivity contribution < 1.29 is 14.4 Å². The third-order valence-electron chi connectivity index (χ3n) is 7.91. The van der Waals surface area contributed by atoms with Gasteiger partial charge in [0.15, 0.2) is 0 Å². The van der Waals surface area contributed by atoms with Gasteiger partial charge in [0.1, 0.15) is 12.2 Å². The number of nitrogens with zero attached hydrogens (tertiary/aromatic N) is 2. The number of amides is 3. The molecule has 8 nitrogen and oxygen atoms in total. The lowest BCUT2D eigenvalue weighted by Gasteiger charge is -2.28. The molecule has 0 unspecified atom stereocenters. The number of aromatic nitrogens is 1. The van der Waals surface area contributed by atoms with Gasteiger partial charge in [-0.2, -0.15) is 0 Å². The molecule has 222 valence electrons. The summed E-state index contributed by atoms with van der Waals surface area (Å²) in [6, 6.07) is 11.8. The molecule has 1 fully saturated rings. The maximum Gasteiger partial charge on any atom is 0.268 e. The second-order valence-corrected chi connectivity index (χ2v) is 12.1. The Bertz CT molecular complexity index is 1310. The van der Waals surface area contributed by atoms with Gasteiger partial charge < -0.3 is 20.1 Å². The number of hydrogen-bond donors (Lipinski definition) is 3. The number of aryl methyl sites for hydroxylation is 1. The van der Waals surface area contributed by atoms with Gasteiger partial charge >= 0.3 is 0 Å². The minimum atomic E-state index is -0.169. The van der Waals surface area contributed by atoms with E-state index in [1.165, 1.54) is 0 Å². The van der Waals surface area contributed by atoms with Crippen LogP contribution in [-0.4, -0.2) is 48.0 Å². The van der Waals surface area contributed by atoms with Gasteiger partial charge in [-0.1, -0.05) is 25.0 Å². The van der Waals surface area contributed by atoms with E-state index >= 15 is 0 Å². The number of rotatable bonds is 14. The molecule has 41 heavy (non-hydrogen) atoms. The fourth-order valence-electron chi connectivity index (χ4n) is 5.64. The van der Waals surface area contributed by atoms with E-state index in [-0.39, 0.29) is 36.2 Å². The van der Waals surface area contributed by atoms with E-state index in [2.05, 4.69) is 15.5 Å². The van der Waals surface area contributed by atoms with Crippen LogP contribution >= 0.6 is 23.1 Å². The number of benzene rings is 1. The molecule has 3 N–H and O–H groups in total. The summed E-state index contributed by atoms with van der Waals surface area (Å²) in [5.74, 6) is -0.109. The third-order valence-corrected chi connectivity index (χ3v) is 8.95. The smallest absolute Gasteiger partial charge is 0.268 e. The number of thiophene rings is 1. The van der Waals surface area contributed by atoms with Crippen molar-refractivity contribution in [1.82, 2.24) is 20.0 Å². The largest absolute Gasteiger partial charge is 0.356 e. The molecule has 0 aliphatic heterocycles. The lowest BCUT2D eigenvalue weighted by molar-refractivity contribution is -0.126. The van der Waals surface area contributed by atoms with E-state index in [0.29, 0.717) is 18.8 Å². The van der Waals surface area contributed by atoms with Crippen molar-refractivity contribution in [1.29, 1.82) is 0 Å². The first-order valence-electron chi connectivity index (χ1n) is 14.8. The molecule has 4 rings (SSSR count). The molecule has 0 bridgehead atoms. The predicted molar refractivity (Wildman–Crippen MR) is 168 cm³/mol. The number of likely N-dealkylation sites (N-methyl/N-ethyl adjacent to an activating group) is 1. The Morgan fingerprint density at radius 3 is 2.49 bits per heavy atom. The third kappa shape index (κ3) is 8.33. The highest BCUT2D eigenvalue weighted by molar-refractivity contribution is 7.17. The van der Waals surface area contributed by atoms with Crippen LogP contribution in [0.5, 0.6) is 0 Å². The van der Waals surface area contributed by atoms with Crippen molar-refractivity contribution in [3.63, 3.8) is 0 Å². The van der Waals surface area contributed by atoms with Gasteiger partial charge in [-0.15, -0.1) is 11.3 Å². The SMILES string of the molecule is CCN(C(=O)Cn1c(C(=O)N[C@H]2CC[C@H](C(=O)NCCCCCCNCl)CC2)cc2sccc21)c1cccc(C)c1. The normalized spacial score (nSPS) is 17.0. The standard InChI is InChI=1S/C31H42ClN5O3S/c1-3-36(25-10-8-9-22(2)19-25)29(38)21-37-26-15-18-41-28(26)20-27(37)31(40)35-24-13-11-23(12-14-24)30(39)33-16-6-4-5-7-17-34-32/h8-10,15,18-20,23-24,34H,3-7,11-14,16-17,21H2,1-2H3,(H,33,39)(H,35,40)/t23-,24-. The zero-order chi connectivity index (χ0) is 29.2. The summed E-state index contributed by atoms with van der Waals surface area (Å²) in [5, 5.41) is 8.26. The van der Waals surface area contributed by atoms with Crippen molar-refractivity contribution in [2.24, 2.45) is 5.92 Å². The summed E-state index contributed by atoms with van der Waals surface area (Å²) < 4.78 is 2.82. The van der Waals surface area contributed by atoms with E-state index in [4.69, 9.17) is 11.8 Å². The molecule has 2 aromatic heterocycles. The number of unbranched alkanes of at least 4 members (excludes halogenated alkanes) is 3. The van der Waals surface area contributed by atoms with Gasteiger partial charge in [0.2, 0.25) is 11.8 Å². The van der Waals surface area contributed by atoms with E-state index in [1.54, 1.807) is 16.2 Å². The summed E-state index contributed by atoms with van der Waals surface area (Å²) >= 11 is 7.03. The zero-order valence-corrected chi connectivity index (χ0v) is 25.7. The van der Waals surface area contributed by atoms with E-state index < -0.39 is 0 Å². The molecule has 1 saturated carbocycles. The number of nitrogens with one attached hydrogen (secondary N) is 3.